The smallest absolute Gasteiger partial charge is 0.309 e. The van der Waals surface area contributed by atoms with E-state index in [2.05, 4.69) is 4.98 Å². The van der Waals surface area contributed by atoms with Gasteiger partial charge in [-0.25, -0.2) is 4.98 Å². The SMILES string of the molecule is CC1(C)C(=O)c2c(Cl)cccc2C1n1cncc1CC(=O)O. The highest BCUT2D eigenvalue weighted by atomic mass is 35.5. The molecule has 1 N–H and O–H groups in total. The van der Waals surface area contributed by atoms with Crippen LogP contribution in [0.2, 0.25) is 5.02 Å². The molecule has 6 heteroatoms. The van der Waals surface area contributed by atoms with Crippen molar-refractivity contribution in [3.05, 3.63) is 52.6 Å². The topological polar surface area (TPSA) is 72.2 Å². The molecule has 0 fully saturated rings. The molecule has 1 atom stereocenters. The molecule has 1 aromatic carbocycles. The average Bonchev–Trinajstić information content (AvgIpc) is 2.92. The van der Waals surface area contributed by atoms with Gasteiger partial charge in [-0.05, 0) is 11.6 Å². The van der Waals surface area contributed by atoms with Gasteiger partial charge in [0.25, 0.3) is 0 Å². The highest BCUT2D eigenvalue weighted by Crippen LogP contribution is 2.49. The fourth-order valence-electron chi connectivity index (χ4n) is 3.20. The minimum atomic E-state index is -0.935. The summed E-state index contributed by atoms with van der Waals surface area (Å²) in [4.78, 5) is 27.8. The largest absolute Gasteiger partial charge is 0.481 e. The molecule has 22 heavy (non-hydrogen) atoms. The summed E-state index contributed by atoms with van der Waals surface area (Å²) >= 11 is 6.20. The Hall–Kier alpha value is -2.14. The van der Waals surface area contributed by atoms with E-state index < -0.39 is 11.4 Å². The number of halogens is 1. The molecule has 0 radical (unpaired) electrons. The van der Waals surface area contributed by atoms with E-state index in [0.29, 0.717) is 16.3 Å². The van der Waals surface area contributed by atoms with Gasteiger partial charge in [0.2, 0.25) is 0 Å². The van der Waals surface area contributed by atoms with E-state index >= 15 is 0 Å². The maximum absolute atomic E-state index is 12.7. The van der Waals surface area contributed by atoms with Crippen LogP contribution >= 0.6 is 11.6 Å². The number of rotatable bonds is 3. The van der Waals surface area contributed by atoms with Crippen LogP contribution in [0.4, 0.5) is 0 Å². The third-order valence-corrected chi connectivity index (χ3v) is 4.51. The van der Waals surface area contributed by atoms with Gasteiger partial charge >= 0.3 is 5.97 Å². The lowest BCUT2D eigenvalue weighted by atomic mass is 9.84. The number of carbonyl (C=O) groups excluding carboxylic acids is 1. The fraction of sp³-hybridized carbons (Fsp3) is 0.312. The number of hydrogen-bond donors (Lipinski definition) is 1. The summed E-state index contributed by atoms with van der Waals surface area (Å²) in [6, 6.07) is 5.05. The Kier molecular flexibility index (Phi) is 3.33. The first-order valence-corrected chi connectivity index (χ1v) is 7.27. The summed E-state index contributed by atoms with van der Waals surface area (Å²) in [5.41, 5.74) is 1.17. The molecule has 1 aromatic heterocycles. The molecule has 0 bridgehead atoms. The Labute approximate surface area is 132 Å². The molecule has 0 saturated heterocycles. The number of imidazole rings is 1. The van der Waals surface area contributed by atoms with Crippen molar-refractivity contribution in [3.63, 3.8) is 0 Å². The fourth-order valence-corrected chi connectivity index (χ4v) is 3.46. The van der Waals surface area contributed by atoms with Crippen LogP contribution in [0.15, 0.2) is 30.7 Å². The third-order valence-electron chi connectivity index (χ3n) is 4.19. The number of aromatic nitrogens is 2. The van der Waals surface area contributed by atoms with E-state index in [1.807, 2.05) is 19.9 Å². The molecular weight excluding hydrogens is 304 g/mol. The monoisotopic (exact) mass is 318 g/mol. The number of carboxylic acid groups (broad SMARTS) is 1. The molecule has 1 unspecified atom stereocenters. The molecule has 3 rings (SSSR count). The van der Waals surface area contributed by atoms with Crippen molar-refractivity contribution in [1.82, 2.24) is 9.55 Å². The maximum atomic E-state index is 12.7. The van der Waals surface area contributed by atoms with E-state index in [-0.39, 0.29) is 18.2 Å². The lowest BCUT2D eigenvalue weighted by Gasteiger charge is -2.28. The first-order chi connectivity index (χ1) is 10.3. The van der Waals surface area contributed by atoms with Crippen LogP contribution in [0, 0.1) is 5.41 Å². The zero-order valence-corrected chi connectivity index (χ0v) is 13.0. The van der Waals surface area contributed by atoms with Crippen molar-refractivity contribution in [1.29, 1.82) is 0 Å². The van der Waals surface area contributed by atoms with Gasteiger partial charge in [-0.15, -0.1) is 0 Å². The van der Waals surface area contributed by atoms with Crippen molar-refractivity contribution in [2.45, 2.75) is 26.3 Å². The summed E-state index contributed by atoms with van der Waals surface area (Å²) in [6.45, 7) is 3.70. The number of aliphatic carboxylic acids is 1. The zero-order chi connectivity index (χ0) is 16.1. The number of Topliss-reactive ketones (excluding diaryl/α,β-unsaturated/α-hetero) is 1. The number of benzene rings is 1. The van der Waals surface area contributed by atoms with E-state index in [0.717, 1.165) is 5.56 Å². The summed E-state index contributed by atoms with van der Waals surface area (Å²) in [7, 11) is 0. The molecule has 0 amide bonds. The number of ketones is 1. The minimum Gasteiger partial charge on any atom is -0.481 e. The van der Waals surface area contributed by atoms with Gasteiger partial charge in [0.15, 0.2) is 5.78 Å². The number of carbonyl (C=O) groups is 2. The second kappa shape index (κ2) is 4.95. The van der Waals surface area contributed by atoms with Crippen LogP contribution in [-0.2, 0) is 11.2 Å². The number of fused-ring (bicyclic) bond motifs is 1. The van der Waals surface area contributed by atoms with Gasteiger partial charge in [0.1, 0.15) is 0 Å². The van der Waals surface area contributed by atoms with Crippen molar-refractivity contribution >= 4 is 23.4 Å². The molecule has 1 heterocycles. The predicted octanol–water partition coefficient (Wildman–Crippen LogP) is 2.98. The average molecular weight is 319 g/mol. The highest BCUT2D eigenvalue weighted by Gasteiger charge is 2.48. The van der Waals surface area contributed by atoms with Gasteiger partial charge in [-0.2, -0.15) is 0 Å². The van der Waals surface area contributed by atoms with Crippen molar-refractivity contribution in [2.24, 2.45) is 5.41 Å². The summed E-state index contributed by atoms with van der Waals surface area (Å²) in [5, 5.41) is 9.47. The van der Waals surface area contributed by atoms with E-state index in [4.69, 9.17) is 16.7 Å². The Morgan fingerprint density at radius 1 is 1.45 bits per heavy atom. The van der Waals surface area contributed by atoms with Crippen LogP contribution < -0.4 is 0 Å². The van der Waals surface area contributed by atoms with Gasteiger partial charge < -0.3 is 9.67 Å². The Bertz CT molecular complexity index is 779. The van der Waals surface area contributed by atoms with Crippen molar-refractivity contribution in [2.75, 3.05) is 0 Å². The van der Waals surface area contributed by atoms with Crippen LogP contribution in [0.25, 0.3) is 0 Å². The van der Waals surface area contributed by atoms with Crippen molar-refractivity contribution < 1.29 is 14.7 Å². The number of hydrogen-bond acceptors (Lipinski definition) is 3. The summed E-state index contributed by atoms with van der Waals surface area (Å²) in [5.74, 6) is -0.969. The molecule has 2 aromatic rings. The molecule has 5 nitrogen and oxygen atoms in total. The minimum absolute atomic E-state index is 0.0342. The van der Waals surface area contributed by atoms with Gasteiger partial charge in [0, 0.05) is 17.5 Å². The molecular formula is C16H15ClN2O3. The van der Waals surface area contributed by atoms with E-state index in [1.54, 1.807) is 23.0 Å². The van der Waals surface area contributed by atoms with E-state index in [1.165, 1.54) is 6.20 Å². The molecule has 0 spiro atoms. The zero-order valence-electron chi connectivity index (χ0n) is 12.2. The van der Waals surface area contributed by atoms with Crippen molar-refractivity contribution in [3.8, 4) is 0 Å². The molecule has 0 aliphatic heterocycles. The predicted molar refractivity (Wildman–Crippen MR) is 81.3 cm³/mol. The van der Waals surface area contributed by atoms with E-state index in [9.17, 15) is 9.59 Å². The highest BCUT2D eigenvalue weighted by molar-refractivity contribution is 6.34. The molecule has 1 aliphatic rings. The lowest BCUT2D eigenvalue weighted by Crippen LogP contribution is -2.29. The quantitative estimate of drug-likeness (QED) is 0.944. The third kappa shape index (κ3) is 2.04. The molecule has 114 valence electrons. The normalized spacial score (nSPS) is 19.2. The lowest BCUT2D eigenvalue weighted by molar-refractivity contribution is -0.136. The van der Waals surface area contributed by atoms with Gasteiger partial charge in [-0.3, -0.25) is 9.59 Å². The second-order valence-electron chi connectivity index (χ2n) is 6.02. The maximum Gasteiger partial charge on any atom is 0.309 e. The van der Waals surface area contributed by atoms with Crippen LogP contribution in [0.3, 0.4) is 0 Å². The Morgan fingerprint density at radius 2 is 2.18 bits per heavy atom. The summed E-state index contributed by atoms with van der Waals surface area (Å²) in [6.07, 6.45) is 2.96. The summed E-state index contributed by atoms with van der Waals surface area (Å²) < 4.78 is 1.77. The standard InChI is InChI=1S/C16H15ClN2O3/c1-16(2)14(19-8-18-7-9(19)6-12(20)21)10-4-3-5-11(17)13(10)15(16)22/h3-5,7-8,14H,6H2,1-2H3,(H,20,21). The van der Waals surface area contributed by atoms with Crippen LogP contribution in [0.5, 0.6) is 0 Å². The molecule has 0 saturated carbocycles. The number of carboxylic acids is 1. The van der Waals surface area contributed by atoms with Gasteiger partial charge in [0.05, 0.1) is 29.2 Å². The first-order valence-electron chi connectivity index (χ1n) is 6.89. The molecule has 1 aliphatic carbocycles. The first kappa shape index (κ1) is 14.8. The van der Waals surface area contributed by atoms with Crippen LogP contribution in [0.1, 0.15) is 41.5 Å². The van der Waals surface area contributed by atoms with Gasteiger partial charge in [-0.1, -0.05) is 37.6 Å². The Morgan fingerprint density at radius 3 is 2.86 bits per heavy atom. The van der Waals surface area contributed by atoms with Crippen LogP contribution in [-0.4, -0.2) is 26.4 Å². The Balaban J connectivity index is 2.20. The second-order valence-corrected chi connectivity index (χ2v) is 6.43. The number of nitrogens with zero attached hydrogens (tertiary/aromatic N) is 2.